The number of carbonyl (C=O) groups is 1. The molecule has 0 aromatic heterocycles. The van der Waals surface area contributed by atoms with Crippen LogP contribution in [0.3, 0.4) is 0 Å². The summed E-state index contributed by atoms with van der Waals surface area (Å²) in [6.45, 7) is 5.99. The summed E-state index contributed by atoms with van der Waals surface area (Å²) in [5.74, 6) is -0.922. The SMILES string of the molecule is CCN(CC)c1ccccc1/C=C/C(=O)O. The highest BCUT2D eigenvalue weighted by atomic mass is 16.4. The first-order valence-electron chi connectivity index (χ1n) is 5.44. The summed E-state index contributed by atoms with van der Waals surface area (Å²) >= 11 is 0. The molecule has 0 spiro atoms. The van der Waals surface area contributed by atoms with Gasteiger partial charge in [0, 0.05) is 24.9 Å². The number of aliphatic carboxylic acids is 1. The lowest BCUT2D eigenvalue weighted by molar-refractivity contribution is -0.131. The quantitative estimate of drug-likeness (QED) is 0.774. The molecule has 1 N–H and O–H groups in total. The Morgan fingerprint density at radius 3 is 2.50 bits per heavy atom. The third-order valence-electron chi connectivity index (χ3n) is 2.45. The summed E-state index contributed by atoms with van der Waals surface area (Å²) < 4.78 is 0. The zero-order valence-corrected chi connectivity index (χ0v) is 9.68. The third kappa shape index (κ3) is 3.12. The summed E-state index contributed by atoms with van der Waals surface area (Å²) in [7, 11) is 0. The predicted octanol–water partition coefficient (Wildman–Crippen LogP) is 2.63. The predicted molar refractivity (Wildman–Crippen MR) is 66.7 cm³/mol. The third-order valence-corrected chi connectivity index (χ3v) is 2.45. The van der Waals surface area contributed by atoms with Gasteiger partial charge in [0.1, 0.15) is 0 Å². The summed E-state index contributed by atoms with van der Waals surface area (Å²) in [6.07, 6.45) is 2.80. The molecule has 3 nitrogen and oxygen atoms in total. The number of benzene rings is 1. The van der Waals surface area contributed by atoms with Crippen molar-refractivity contribution in [3.8, 4) is 0 Å². The maximum atomic E-state index is 10.5. The smallest absolute Gasteiger partial charge is 0.328 e. The van der Waals surface area contributed by atoms with Crippen molar-refractivity contribution in [2.75, 3.05) is 18.0 Å². The van der Waals surface area contributed by atoms with E-state index >= 15 is 0 Å². The van der Waals surface area contributed by atoms with E-state index in [4.69, 9.17) is 5.11 Å². The summed E-state index contributed by atoms with van der Waals surface area (Å²) in [5.41, 5.74) is 2.01. The Bertz CT molecular complexity index is 381. The monoisotopic (exact) mass is 219 g/mol. The molecule has 0 saturated carbocycles. The van der Waals surface area contributed by atoms with Gasteiger partial charge in [-0.3, -0.25) is 0 Å². The molecule has 0 unspecified atom stereocenters. The van der Waals surface area contributed by atoms with Crippen LogP contribution >= 0.6 is 0 Å². The second-order valence-corrected chi connectivity index (χ2v) is 3.40. The van der Waals surface area contributed by atoms with Gasteiger partial charge in [-0.25, -0.2) is 4.79 Å². The maximum Gasteiger partial charge on any atom is 0.328 e. The van der Waals surface area contributed by atoms with Gasteiger partial charge in [-0.15, -0.1) is 0 Å². The van der Waals surface area contributed by atoms with E-state index in [-0.39, 0.29) is 0 Å². The molecule has 0 atom stereocenters. The largest absolute Gasteiger partial charge is 0.478 e. The molecular weight excluding hydrogens is 202 g/mol. The molecule has 1 aromatic rings. The molecular formula is C13H17NO2. The average molecular weight is 219 g/mol. The number of para-hydroxylation sites is 1. The topological polar surface area (TPSA) is 40.5 Å². The lowest BCUT2D eigenvalue weighted by Gasteiger charge is -2.22. The number of nitrogens with zero attached hydrogens (tertiary/aromatic N) is 1. The van der Waals surface area contributed by atoms with E-state index in [1.807, 2.05) is 24.3 Å². The Morgan fingerprint density at radius 2 is 1.94 bits per heavy atom. The van der Waals surface area contributed by atoms with Crippen LogP contribution in [0.2, 0.25) is 0 Å². The van der Waals surface area contributed by atoms with Gasteiger partial charge in [0.15, 0.2) is 0 Å². The zero-order chi connectivity index (χ0) is 12.0. The summed E-state index contributed by atoms with van der Waals surface area (Å²) in [4.78, 5) is 12.7. The number of rotatable bonds is 5. The highest BCUT2D eigenvalue weighted by Crippen LogP contribution is 2.21. The molecule has 0 fully saturated rings. The minimum atomic E-state index is -0.922. The van der Waals surface area contributed by atoms with Crippen LogP contribution in [-0.2, 0) is 4.79 Å². The number of carboxylic acids is 1. The summed E-state index contributed by atoms with van der Waals surface area (Å²) in [5, 5.41) is 8.62. The van der Waals surface area contributed by atoms with E-state index in [1.165, 1.54) is 6.08 Å². The van der Waals surface area contributed by atoms with E-state index in [2.05, 4.69) is 18.7 Å². The van der Waals surface area contributed by atoms with Crippen LogP contribution in [-0.4, -0.2) is 24.2 Å². The highest BCUT2D eigenvalue weighted by molar-refractivity contribution is 5.87. The highest BCUT2D eigenvalue weighted by Gasteiger charge is 2.05. The van der Waals surface area contributed by atoms with Gasteiger partial charge < -0.3 is 10.0 Å². The van der Waals surface area contributed by atoms with E-state index in [0.717, 1.165) is 24.3 Å². The van der Waals surface area contributed by atoms with Crippen molar-refractivity contribution in [3.05, 3.63) is 35.9 Å². The first-order chi connectivity index (χ1) is 7.69. The van der Waals surface area contributed by atoms with Gasteiger partial charge in [-0.1, -0.05) is 18.2 Å². The van der Waals surface area contributed by atoms with Crippen molar-refractivity contribution in [2.24, 2.45) is 0 Å². The lowest BCUT2D eigenvalue weighted by Crippen LogP contribution is -2.22. The fraction of sp³-hybridized carbons (Fsp3) is 0.308. The van der Waals surface area contributed by atoms with Crippen LogP contribution < -0.4 is 4.90 Å². The van der Waals surface area contributed by atoms with E-state index < -0.39 is 5.97 Å². The lowest BCUT2D eigenvalue weighted by atomic mass is 10.1. The molecule has 0 saturated heterocycles. The average Bonchev–Trinajstić information content (AvgIpc) is 2.29. The first-order valence-corrected chi connectivity index (χ1v) is 5.44. The van der Waals surface area contributed by atoms with Gasteiger partial charge in [0.05, 0.1) is 0 Å². The van der Waals surface area contributed by atoms with Crippen LogP contribution in [0.25, 0.3) is 6.08 Å². The Kier molecular flexibility index (Phi) is 4.58. The van der Waals surface area contributed by atoms with E-state index in [1.54, 1.807) is 6.08 Å². The normalized spacial score (nSPS) is 10.6. The Labute approximate surface area is 96.0 Å². The molecule has 0 aliphatic heterocycles. The Balaban J connectivity index is 3.04. The van der Waals surface area contributed by atoms with Crippen molar-refractivity contribution in [1.29, 1.82) is 0 Å². The van der Waals surface area contributed by atoms with Crippen molar-refractivity contribution in [1.82, 2.24) is 0 Å². The molecule has 0 amide bonds. The Morgan fingerprint density at radius 1 is 1.31 bits per heavy atom. The van der Waals surface area contributed by atoms with Gasteiger partial charge in [0.25, 0.3) is 0 Å². The minimum Gasteiger partial charge on any atom is -0.478 e. The molecule has 0 aliphatic rings. The van der Waals surface area contributed by atoms with Gasteiger partial charge in [-0.05, 0) is 31.6 Å². The molecule has 0 aliphatic carbocycles. The molecule has 1 aromatic carbocycles. The molecule has 86 valence electrons. The molecule has 0 radical (unpaired) electrons. The van der Waals surface area contributed by atoms with Gasteiger partial charge in [0.2, 0.25) is 0 Å². The van der Waals surface area contributed by atoms with Crippen LogP contribution in [0.1, 0.15) is 19.4 Å². The van der Waals surface area contributed by atoms with Crippen molar-refractivity contribution < 1.29 is 9.90 Å². The van der Waals surface area contributed by atoms with Gasteiger partial charge >= 0.3 is 5.97 Å². The fourth-order valence-electron chi connectivity index (χ4n) is 1.64. The molecule has 3 heteroatoms. The number of carboxylic acid groups (broad SMARTS) is 1. The molecule has 0 heterocycles. The first kappa shape index (κ1) is 12.3. The number of hydrogen-bond donors (Lipinski definition) is 1. The van der Waals surface area contributed by atoms with Gasteiger partial charge in [-0.2, -0.15) is 0 Å². The van der Waals surface area contributed by atoms with Crippen molar-refractivity contribution in [2.45, 2.75) is 13.8 Å². The summed E-state index contributed by atoms with van der Waals surface area (Å²) in [6, 6.07) is 7.81. The Hall–Kier alpha value is -1.77. The number of hydrogen-bond acceptors (Lipinski definition) is 2. The maximum absolute atomic E-state index is 10.5. The fourth-order valence-corrected chi connectivity index (χ4v) is 1.64. The molecule has 0 bridgehead atoms. The zero-order valence-electron chi connectivity index (χ0n) is 9.68. The van der Waals surface area contributed by atoms with Crippen LogP contribution in [0.4, 0.5) is 5.69 Å². The molecule has 16 heavy (non-hydrogen) atoms. The van der Waals surface area contributed by atoms with E-state index in [9.17, 15) is 4.79 Å². The minimum absolute atomic E-state index is 0.911. The standard InChI is InChI=1S/C13H17NO2/c1-3-14(4-2)12-8-6-5-7-11(12)9-10-13(15)16/h5-10H,3-4H2,1-2H3,(H,15,16)/b10-9+. The van der Waals surface area contributed by atoms with Crippen molar-refractivity contribution in [3.63, 3.8) is 0 Å². The van der Waals surface area contributed by atoms with Crippen molar-refractivity contribution >= 4 is 17.7 Å². The second-order valence-electron chi connectivity index (χ2n) is 3.40. The van der Waals surface area contributed by atoms with Crippen LogP contribution in [0, 0.1) is 0 Å². The second kappa shape index (κ2) is 5.95. The molecule has 1 rings (SSSR count). The van der Waals surface area contributed by atoms with E-state index in [0.29, 0.717) is 0 Å². The van der Waals surface area contributed by atoms with Crippen LogP contribution in [0.15, 0.2) is 30.3 Å². The van der Waals surface area contributed by atoms with Crippen LogP contribution in [0.5, 0.6) is 0 Å². The number of anilines is 1.